The maximum atomic E-state index is 14.3. The van der Waals surface area contributed by atoms with Crippen molar-refractivity contribution in [2.75, 3.05) is 11.4 Å². The lowest BCUT2D eigenvalue weighted by Crippen LogP contribution is -2.41. The lowest BCUT2D eigenvalue weighted by Gasteiger charge is -2.29. The summed E-state index contributed by atoms with van der Waals surface area (Å²) in [4.78, 5) is 3.93. The van der Waals surface area contributed by atoms with Crippen molar-refractivity contribution >= 4 is 5.69 Å². The molecule has 14 heteroatoms. The van der Waals surface area contributed by atoms with Gasteiger partial charge in [0.25, 0.3) is 0 Å². The lowest BCUT2D eigenvalue weighted by atomic mass is 10.1. The molecule has 0 saturated heterocycles. The summed E-state index contributed by atoms with van der Waals surface area (Å²) in [6.07, 6.45) is -16.9. The topological polar surface area (TPSA) is 45.6 Å². The van der Waals surface area contributed by atoms with Crippen molar-refractivity contribution in [1.82, 2.24) is 4.98 Å². The summed E-state index contributed by atoms with van der Waals surface area (Å²) in [6, 6.07) is 7.84. The van der Waals surface area contributed by atoms with Crippen LogP contribution in [0.4, 0.5) is 49.6 Å². The lowest BCUT2D eigenvalue weighted by molar-refractivity contribution is -0.200. The van der Waals surface area contributed by atoms with Crippen LogP contribution in [0.2, 0.25) is 0 Å². The number of aliphatic hydroxyl groups excluding tert-OH is 1. The van der Waals surface area contributed by atoms with Crippen LogP contribution in [0.5, 0.6) is 11.5 Å². The molecular weight excluding hydrogens is 526 g/mol. The number of pyridine rings is 1. The third-order valence-corrected chi connectivity index (χ3v) is 4.95. The highest BCUT2D eigenvalue weighted by molar-refractivity contribution is 5.52. The van der Waals surface area contributed by atoms with Crippen LogP contribution in [0.15, 0.2) is 60.8 Å². The fourth-order valence-corrected chi connectivity index (χ4v) is 3.16. The third kappa shape index (κ3) is 7.47. The molecule has 4 nitrogen and oxygen atoms in total. The highest BCUT2D eigenvalue weighted by Gasteiger charge is 2.39. The summed E-state index contributed by atoms with van der Waals surface area (Å²) in [5.74, 6) is -1.61. The van der Waals surface area contributed by atoms with Gasteiger partial charge in [0, 0.05) is 36.1 Å². The van der Waals surface area contributed by atoms with E-state index in [1.54, 1.807) is 0 Å². The normalized spacial score (nSPS) is 13.4. The number of ether oxygens (including phenoxy) is 1. The predicted octanol–water partition coefficient (Wildman–Crippen LogP) is 6.98. The molecule has 0 aliphatic carbocycles. The Bertz CT molecular complexity index is 1230. The van der Waals surface area contributed by atoms with Gasteiger partial charge in [0.05, 0.1) is 12.1 Å². The Morgan fingerprint density at radius 3 is 2.14 bits per heavy atom. The molecule has 1 unspecified atom stereocenters. The second-order valence-electron chi connectivity index (χ2n) is 7.72. The van der Waals surface area contributed by atoms with E-state index >= 15 is 0 Å². The zero-order valence-electron chi connectivity index (χ0n) is 18.3. The Morgan fingerprint density at radius 1 is 0.838 bits per heavy atom. The largest absolute Gasteiger partial charge is 0.457 e. The van der Waals surface area contributed by atoms with Crippen molar-refractivity contribution in [2.45, 2.75) is 31.2 Å². The second-order valence-corrected chi connectivity index (χ2v) is 7.72. The van der Waals surface area contributed by atoms with E-state index in [2.05, 4.69) is 4.98 Å². The minimum Gasteiger partial charge on any atom is -0.457 e. The highest BCUT2D eigenvalue weighted by atomic mass is 19.4. The Hall–Kier alpha value is -3.55. The Labute approximate surface area is 202 Å². The second kappa shape index (κ2) is 10.4. The predicted molar refractivity (Wildman–Crippen MR) is 110 cm³/mol. The number of alkyl halides is 9. The number of rotatable bonds is 7. The van der Waals surface area contributed by atoms with Gasteiger partial charge in [0.15, 0.2) is 6.10 Å². The van der Waals surface area contributed by atoms with Crippen molar-refractivity contribution in [3.63, 3.8) is 0 Å². The van der Waals surface area contributed by atoms with E-state index < -0.39 is 60.4 Å². The molecule has 0 radical (unpaired) electrons. The number of halogens is 10. The van der Waals surface area contributed by atoms with E-state index in [1.807, 2.05) is 0 Å². The van der Waals surface area contributed by atoms with Crippen molar-refractivity contribution in [3.8, 4) is 11.5 Å². The zero-order valence-corrected chi connectivity index (χ0v) is 18.3. The van der Waals surface area contributed by atoms with Crippen LogP contribution in [0.1, 0.15) is 16.8 Å². The van der Waals surface area contributed by atoms with Gasteiger partial charge in [0.2, 0.25) is 0 Å². The molecule has 2 aromatic carbocycles. The number of benzene rings is 2. The van der Waals surface area contributed by atoms with Gasteiger partial charge in [-0.3, -0.25) is 4.98 Å². The fraction of sp³-hybridized carbons (Fsp3) is 0.261. The number of hydrogen-bond acceptors (Lipinski definition) is 4. The summed E-state index contributed by atoms with van der Waals surface area (Å²) >= 11 is 0. The third-order valence-electron chi connectivity index (χ3n) is 4.95. The Morgan fingerprint density at radius 2 is 1.51 bits per heavy atom. The van der Waals surface area contributed by atoms with Crippen LogP contribution in [-0.2, 0) is 18.9 Å². The number of aromatic nitrogens is 1. The van der Waals surface area contributed by atoms with Crippen LogP contribution in [-0.4, -0.2) is 28.9 Å². The van der Waals surface area contributed by atoms with Gasteiger partial charge in [-0.15, -0.1) is 0 Å². The first-order valence-corrected chi connectivity index (χ1v) is 10.2. The molecule has 1 N–H and O–H groups in total. The molecule has 0 saturated carbocycles. The number of nitrogens with zero attached hydrogens (tertiary/aromatic N) is 2. The SMILES string of the molecule is OC(CN(Cc1cc(C(F)(F)F)ccc1F)c1cccc(Oc2ccnc(C(F)(F)F)c2)c1)C(F)(F)F. The molecule has 200 valence electrons. The minimum atomic E-state index is -5.11. The molecule has 0 amide bonds. The van der Waals surface area contributed by atoms with E-state index in [0.29, 0.717) is 24.3 Å². The van der Waals surface area contributed by atoms with E-state index in [1.165, 1.54) is 18.2 Å². The van der Waals surface area contributed by atoms with Crippen LogP contribution in [0.3, 0.4) is 0 Å². The van der Waals surface area contributed by atoms with Gasteiger partial charge in [0.1, 0.15) is 23.0 Å². The van der Waals surface area contributed by atoms with Crippen LogP contribution in [0, 0.1) is 5.82 Å². The molecule has 0 spiro atoms. The molecule has 1 aromatic heterocycles. The maximum absolute atomic E-state index is 14.3. The number of anilines is 1. The summed E-state index contributed by atoms with van der Waals surface area (Å²) < 4.78 is 137. The molecule has 1 atom stereocenters. The molecule has 3 aromatic rings. The summed E-state index contributed by atoms with van der Waals surface area (Å²) in [7, 11) is 0. The van der Waals surface area contributed by atoms with Crippen LogP contribution >= 0.6 is 0 Å². The molecular formula is C23H16F10N2O2. The average molecular weight is 542 g/mol. The monoisotopic (exact) mass is 542 g/mol. The molecule has 37 heavy (non-hydrogen) atoms. The minimum absolute atomic E-state index is 0.150. The molecule has 3 rings (SSSR count). The van der Waals surface area contributed by atoms with E-state index in [4.69, 9.17) is 4.74 Å². The molecule has 0 aliphatic rings. The van der Waals surface area contributed by atoms with E-state index in [-0.39, 0.29) is 17.2 Å². The maximum Gasteiger partial charge on any atom is 0.433 e. The summed E-state index contributed by atoms with van der Waals surface area (Å²) in [6.45, 7) is -2.02. The van der Waals surface area contributed by atoms with Crippen molar-refractivity contribution in [2.24, 2.45) is 0 Å². The van der Waals surface area contributed by atoms with E-state index in [0.717, 1.165) is 23.2 Å². The first-order valence-electron chi connectivity index (χ1n) is 10.2. The number of hydrogen-bond donors (Lipinski definition) is 1. The van der Waals surface area contributed by atoms with Crippen molar-refractivity contribution in [3.05, 3.63) is 83.4 Å². The first kappa shape index (κ1) is 28.0. The quantitative estimate of drug-likeness (QED) is 0.328. The summed E-state index contributed by atoms with van der Waals surface area (Å²) in [5, 5.41) is 9.57. The Kier molecular flexibility index (Phi) is 7.91. The molecule has 0 bridgehead atoms. The van der Waals surface area contributed by atoms with Gasteiger partial charge in [-0.05, 0) is 36.4 Å². The van der Waals surface area contributed by atoms with Gasteiger partial charge >= 0.3 is 18.5 Å². The zero-order chi connectivity index (χ0) is 27.6. The molecule has 0 fully saturated rings. The molecule has 0 aliphatic heterocycles. The van der Waals surface area contributed by atoms with Gasteiger partial charge < -0.3 is 14.7 Å². The number of aliphatic hydroxyl groups is 1. The fourth-order valence-electron chi connectivity index (χ4n) is 3.16. The summed E-state index contributed by atoms with van der Waals surface area (Å²) in [5.41, 5.74) is -3.27. The smallest absolute Gasteiger partial charge is 0.433 e. The van der Waals surface area contributed by atoms with E-state index in [9.17, 15) is 49.0 Å². The van der Waals surface area contributed by atoms with Gasteiger partial charge in [-0.2, -0.15) is 39.5 Å². The standard InChI is InChI=1S/C23H16F10N2O2/c24-18-5-4-14(21(25,26)27)8-13(18)11-35(12-20(36)23(31,32)33)15-2-1-3-16(9-15)37-17-6-7-34-19(10-17)22(28,29)30/h1-10,20,36H,11-12H2. The highest BCUT2D eigenvalue weighted by Crippen LogP contribution is 2.34. The van der Waals surface area contributed by atoms with Crippen molar-refractivity contribution in [1.29, 1.82) is 0 Å². The van der Waals surface area contributed by atoms with Crippen LogP contribution in [0.25, 0.3) is 0 Å². The van der Waals surface area contributed by atoms with Crippen molar-refractivity contribution < 1.29 is 53.7 Å². The first-order chi connectivity index (χ1) is 17.0. The molecule has 1 heterocycles. The van der Waals surface area contributed by atoms with Gasteiger partial charge in [-0.1, -0.05) is 6.07 Å². The van der Waals surface area contributed by atoms with Crippen LogP contribution < -0.4 is 9.64 Å². The average Bonchev–Trinajstić information content (AvgIpc) is 2.78. The Balaban J connectivity index is 1.96. The van der Waals surface area contributed by atoms with Gasteiger partial charge in [-0.25, -0.2) is 4.39 Å².